The Morgan fingerprint density at radius 1 is 1.57 bits per heavy atom. The summed E-state index contributed by atoms with van der Waals surface area (Å²) in [5.41, 5.74) is 0.648. The van der Waals surface area contributed by atoms with Gasteiger partial charge in [0.1, 0.15) is 0 Å². The Kier molecular flexibility index (Phi) is 4.40. The Balaban J connectivity index is 2.70. The maximum absolute atomic E-state index is 11.5. The van der Waals surface area contributed by atoms with E-state index in [9.17, 15) is 4.79 Å². The fraction of sp³-hybridized carbons (Fsp3) is 0.182. The van der Waals surface area contributed by atoms with Crippen LogP contribution in [-0.4, -0.2) is 12.4 Å². The number of ketones is 1. The van der Waals surface area contributed by atoms with Crippen molar-refractivity contribution in [2.75, 3.05) is 6.61 Å². The van der Waals surface area contributed by atoms with E-state index in [0.717, 1.165) is 4.47 Å². The van der Waals surface area contributed by atoms with Gasteiger partial charge in [-0.3, -0.25) is 4.79 Å². The number of ether oxygens (including phenoxy) is 1. The van der Waals surface area contributed by atoms with E-state index < -0.39 is 0 Å². The van der Waals surface area contributed by atoms with Crippen LogP contribution in [0.25, 0.3) is 0 Å². The summed E-state index contributed by atoms with van der Waals surface area (Å²) in [5, 5.41) is 0. The standard InChI is InChI=1S/C11H11BrO2/c1-2-14-7-6-11(13)9-4-3-5-10(12)8-9/h3-8H,2H2,1H3/b7-6+. The van der Waals surface area contributed by atoms with Crippen LogP contribution >= 0.6 is 15.9 Å². The average Bonchev–Trinajstić information content (AvgIpc) is 2.18. The van der Waals surface area contributed by atoms with Gasteiger partial charge in [-0.05, 0) is 19.1 Å². The first-order valence-electron chi connectivity index (χ1n) is 4.32. The summed E-state index contributed by atoms with van der Waals surface area (Å²) in [6, 6.07) is 7.25. The zero-order chi connectivity index (χ0) is 10.4. The zero-order valence-corrected chi connectivity index (χ0v) is 9.45. The average molecular weight is 255 g/mol. The normalized spacial score (nSPS) is 10.4. The molecule has 0 bridgehead atoms. The summed E-state index contributed by atoms with van der Waals surface area (Å²) < 4.78 is 5.84. The minimum Gasteiger partial charge on any atom is -0.501 e. The van der Waals surface area contributed by atoms with E-state index in [4.69, 9.17) is 4.74 Å². The predicted octanol–water partition coefficient (Wildman–Crippen LogP) is 3.18. The van der Waals surface area contributed by atoms with Crippen molar-refractivity contribution in [2.45, 2.75) is 6.92 Å². The Bertz CT molecular complexity index is 345. The van der Waals surface area contributed by atoms with Crippen LogP contribution < -0.4 is 0 Å². The molecule has 0 radical (unpaired) electrons. The Labute approximate surface area is 91.7 Å². The molecular formula is C11H11BrO2. The van der Waals surface area contributed by atoms with Crippen molar-refractivity contribution in [3.8, 4) is 0 Å². The molecule has 0 aliphatic heterocycles. The topological polar surface area (TPSA) is 26.3 Å². The third-order valence-electron chi connectivity index (χ3n) is 1.59. The molecule has 0 spiro atoms. The molecule has 0 atom stereocenters. The quantitative estimate of drug-likeness (QED) is 0.469. The van der Waals surface area contributed by atoms with Gasteiger partial charge in [-0.1, -0.05) is 28.1 Å². The van der Waals surface area contributed by atoms with E-state index in [1.54, 1.807) is 12.1 Å². The lowest BCUT2D eigenvalue weighted by Crippen LogP contribution is -1.94. The minimum atomic E-state index is -0.0558. The summed E-state index contributed by atoms with van der Waals surface area (Å²) in [5.74, 6) is -0.0558. The Morgan fingerprint density at radius 3 is 3.00 bits per heavy atom. The third-order valence-corrected chi connectivity index (χ3v) is 2.08. The number of hydrogen-bond acceptors (Lipinski definition) is 2. The van der Waals surface area contributed by atoms with Gasteiger partial charge in [-0.15, -0.1) is 0 Å². The van der Waals surface area contributed by atoms with E-state index in [2.05, 4.69) is 15.9 Å². The van der Waals surface area contributed by atoms with E-state index >= 15 is 0 Å². The number of rotatable bonds is 4. The SMILES string of the molecule is CCO/C=C/C(=O)c1cccc(Br)c1. The van der Waals surface area contributed by atoms with Crippen LogP contribution in [0.2, 0.25) is 0 Å². The molecule has 0 heterocycles. The summed E-state index contributed by atoms with van der Waals surface area (Å²) in [6.45, 7) is 2.44. The van der Waals surface area contributed by atoms with Gasteiger partial charge in [-0.2, -0.15) is 0 Å². The Morgan fingerprint density at radius 2 is 2.36 bits per heavy atom. The molecule has 0 N–H and O–H groups in total. The molecule has 0 saturated carbocycles. The second-order valence-corrected chi connectivity index (χ2v) is 3.55. The number of carbonyl (C=O) groups is 1. The molecular weight excluding hydrogens is 244 g/mol. The molecule has 0 amide bonds. The highest BCUT2D eigenvalue weighted by atomic mass is 79.9. The summed E-state index contributed by atoms with van der Waals surface area (Å²) in [7, 11) is 0. The Hall–Kier alpha value is -1.09. The highest BCUT2D eigenvalue weighted by Gasteiger charge is 2.00. The largest absolute Gasteiger partial charge is 0.501 e. The smallest absolute Gasteiger partial charge is 0.188 e. The first-order chi connectivity index (χ1) is 6.74. The predicted molar refractivity (Wildman–Crippen MR) is 59.2 cm³/mol. The fourth-order valence-electron chi connectivity index (χ4n) is 0.944. The fourth-order valence-corrected chi connectivity index (χ4v) is 1.34. The first kappa shape index (κ1) is 11.0. The van der Waals surface area contributed by atoms with E-state index in [0.29, 0.717) is 12.2 Å². The van der Waals surface area contributed by atoms with Gasteiger partial charge in [0, 0.05) is 16.1 Å². The highest BCUT2D eigenvalue weighted by Crippen LogP contribution is 2.12. The second-order valence-electron chi connectivity index (χ2n) is 2.63. The molecule has 1 rings (SSSR count). The molecule has 74 valence electrons. The third kappa shape index (κ3) is 3.34. The molecule has 0 unspecified atom stereocenters. The minimum absolute atomic E-state index is 0.0558. The molecule has 3 heteroatoms. The van der Waals surface area contributed by atoms with Crippen molar-refractivity contribution in [3.05, 3.63) is 46.6 Å². The van der Waals surface area contributed by atoms with Crippen molar-refractivity contribution in [1.82, 2.24) is 0 Å². The zero-order valence-electron chi connectivity index (χ0n) is 7.87. The number of benzene rings is 1. The molecule has 14 heavy (non-hydrogen) atoms. The van der Waals surface area contributed by atoms with Gasteiger partial charge < -0.3 is 4.74 Å². The number of halogens is 1. The maximum Gasteiger partial charge on any atom is 0.188 e. The van der Waals surface area contributed by atoms with Crippen LogP contribution in [0.4, 0.5) is 0 Å². The van der Waals surface area contributed by atoms with Gasteiger partial charge in [0.2, 0.25) is 0 Å². The van der Waals surface area contributed by atoms with Crippen LogP contribution in [0.5, 0.6) is 0 Å². The lowest BCUT2D eigenvalue weighted by Gasteiger charge is -1.96. The molecule has 0 saturated heterocycles. The lowest BCUT2D eigenvalue weighted by molar-refractivity contribution is 0.104. The van der Waals surface area contributed by atoms with E-state index in [1.807, 2.05) is 19.1 Å². The molecule has 0 fully saturated rings. The number of carbonyl (C=O) groups excluding carboxylic acids is 1. The molecule has 1 aromatic carbocycles. The lowest BCUT2D eigenvalue weighted by atomic mass is 10.1. The van der Waals surface area contributed by atoms with Crippen LogP contribution in [0.1, 0.15) is 17.3 Å². The number of allylic oxidation sites excluding steroid dienone is 1. The van der Waals surface area contributed by atoms with Gasteiger partial charge in [0.25, 0.3) is 0 Å². The second kappa shape index (κ2) is 5.60. The van der Waals surface area contributed by atoms with Crippen molar-refractivity contribution >= 4 is 21.7 Å². The van der Waals surface area contributed by atoms with Gasteiger partial charge in [0.15, 0.2) is 5.78 Å². The summed E-state index contributed by atoms with van der Waals surface area (Å²) in [6.07, 6.45) is 2.84. The van der Waals surface area contributed by atoms with Gasteiger partial charge >= 0.3 is 0 Å². The number of hydrogen-bond donors (Lipinski definition) is 0. The molecule has 0 aliphatic rings. The van der Waals surface area contributed by atoms with Crippen molar-refractivity contribution < 1.29 is 9.53 Å². The van der Waals surface area contributed by atoms with Crippen molar-refractivity contribution in [2.24, 2.45) is 0 Å². The molecule has 0 aliphatic carbocycles. The van der Waals surface area contributed by atoms with Crippen LogP contribution in [0, 0.1) is 0 Å². The van der Waals surface area contributed by atoms with Crippen molar-refractivity contribution in [1.29, 1.82) is 0 Å². The molecule has 1 aromatic rings. The van der Waals surface area contributed by atoms with Crippen LogP contribution in [-0.2, 0) is 4.74 Å². The van der Waals surface area contributed by atoms with E-state index in [-0.39, 0.29) is 5.78 Å². The van der Waals surface area contributed by atoms with Gasteiger partial charge in [-0.25, -0.2) is 0 Å². The molecule has 0 aromatic heterocycles. The van der Waals surface area contributed by atoms with Gasteiger partial charge in [0.05, 0.1) is 12.9 Å². The maximum atomic E-state index is 11.5. The van der Waals surface area contributed by atoms with Crippen LogP contribution in [0.15, 0.2) is 41.1 Å². The summed E-state index contributed by atoms with van der Waals surface area (Å²) >= 11 is 3.30. The summed E-state index contributed by atoms with van der Waals surface area (Å²) in [4.78, 5) is 11.5. The van der Waals surface area contributed by atoms with Crippen molar-refractivity contribution in [3.63, 3.8) is 0 Å². The van der Waals surface area contributed by atoms with Crippen LogP contribution in [0.3, 0.4) is 0 Å². The highest BCUT2D eigenvalue weighted by molar-refractivity contribution is 9.10. The van der Waals surface area contributed by atoms with E-state index in [1.165, 1.54) is 12.3 Å². The molecule has 2 nitrogen and oxygen atoms in total. The first-order valence-corrected chi connectivity index (χ1v) is 5.11. The monoisotopic (exact) mass is 254 g/mol.